The molecule has 1 aromatic heterocycles. The number of aromatic nitrogens is 2. The molecule has 1 fully saturated rings. The predicted octanol–water partition coefficient (Wildman–Crippen LogP) is 5.61. The number of fused-ring (bicyclic) bond motifs is 3. The summed E-state index contributed by atoms with van der Waals surface area (Å²) in [6.07, 6.45) is -3.83. The van der Waals surface area contributed by atoms with Crippen molar-refractivity contribution < 1.29 is 41.7 Å². The summed E-state index contributed by atoms with van der Waals surface area (Å²) in [4.78, 5) is 10.3. The lowest BCUT2D eigenvalue weighted by molar-refractivity contribution is -0.308. The summed E-state index contributed by atoms with van der Waals surface area (Å²) in [6.45, 7) is 4.27. The fourth-order valence-corrected chi connectivity index (χ4v) is 5.09. The third kappa shape index (κ3) is 6.15. The Balaban J connectivity index is 1.33. The molecular formula is C29H30F3N3O6. The maximum Gasteiger partial charge on any atom is 0.573 e. The lowest BCUT2D eigenvalue weighted by atomic mass is 9.99. The van der Waals surface area contributed by atoms with Crippen molar-refractivity contribution >= 4 is 28.0 Å². The van der Waals surface area contributed by atoms with E-state index in [0.717, 1.165) is 27.4 Å². The largest absolute Gasteiger partial charge is 0.573 e. The molecule has 0 aliphatic carbocycles. The van der Waals surface area contributed by atoms with E-state index in [1.54, 1.807) is 43.5 Å². The maximum atomic E-state index is 12.5. The van der Waals surface area contributed by atoms with Crippen molar-refractivity contribution in [3.63, 3.8) is 0 Å². The second-order valence-corrected chi connectivity index (χ2v) is 9.44. The Kier molecular flexibility index (Phi) is 8.45. The molecule has 0 unspecified atom stereocenters. The predicted molar refractivity (Wildman–Crippen MR) is 145 cm³/mol. The second-order valence-electron chi connectivity index (χ2n) is 9.44. The number of hydrogen-bond donors (Lipinski definition) is 0. The Bertz CT molecular complexity index is 1510. The molecular weight excluding hydrogens is 543 g/mol. The molecule has 5 atom stereocenters. The van der Waals surface area contributed by atoms with Gasteiger partial charge in [-0.15, -0.1) is 13.2 Å². The van der Waals surface area contributed by atoms with Crippen molar-refractivity contribution in [1.29, 1.82) is 0 Å². The van der Waals surface area contributed by atoms with Crippen LogP contribution in [0.4, 0.5) is 13.2 Å². The average molecular weight is 574 g/mol. The van der Waals surface area contributed by atoms with Gasteiger partial charge in [-0.1, -0.05) is 23.4 Å². The number of alkyl halides is 3. The zero-order valence-corrected chi connectivity index (χ0v) is 22.9. The van der Waals surface area contributed by atoms with Gasteiger partial charge in [-0.05, 0) is 61.2 Å². The quantitative estimate of drug-likeness (QED) is 0.190. The van der Waals surface area contributed by atoms with Crippen LogP contribution in [0.2, 0.25) is 0 Å². The zero-order chi connectivity index (χ0) is 29.1. The van der Waals surface area contributed by atoms with E-state index < -0.39 is 18.8 Å². The first-order valence-electron chi connectivity index (χ1n) is 13.0. The van der Waals surface area contributed by atoms with E-state index in [2.05, 4.69) is 14.9 Å². The van der Waals surface area contributed by atoms with E-state index in [0.29, 0.717) is 12.3 Å². The molecule has 0 amide bonds. The number of nitrogens with zero attached hydrogens (tertiary/aromatic N) is 3. The van der Waals surface area contributed by atoms with E-state index >= 15 is 0 Å². The number of ether oxygens (including phenoxy) is 5. The molecule has 5 rings (SSSR count). The van der Waals surface area contributed by atoms with Crippen LogP contribution in [0.15, 0.2) is 66.1 Å². The van der Waals surface area contributed by atoms with Gasteiger partial charge in [-0.3, -0.25) is 4.57 Å². The highest BCUT2D eigenvalue weighted by Gasteiger charge is 2.47. The fourth-order valence-electron chi connectivity index (χ4n) is 5.09. The van der Waals surface area contributed by atoms with Gasteiger partial charge in [0.25, 0.3) is 6.29 Å². The highest BCUT2D eigenvalue weighted by Crippen LogP contribution is 2.30. The van der Waals surface area contributed by atoms with Crippen molar-refractivity contribution in [2.45, 2.75) is 50.9 Å². The van der Waals surface area contributed by atoms with Gasteiger partial charge in [0.05, 0.1) is 23.4 Å². The molecule has 41 heavy (non-hydrogen) atoms. The summed E-state index contributed by atoms with van der Waals surface area (Å²) in [5.41, 5.74) is 3.00. The lowest BCUT2D eigenvalue weighted by Gasteiger charge is -2.42. The second kappa shape index (κ2) is 12.0. The summed E-state index contributed by atoms with van der Waals surface area (Å²) >= 11 is 0. The monoisotopic (exact) mass is 573 g/mol. The number of oxime groups is 1. The van der Waals surface area contributed by atoms with Gasteiger partial charge in [0.2, 0.25) is 0 Å². The standard InChI is InChI=1S/C29H30F3N3O6/c1-5-38-26-25(36-3)17(2)39-28(27(26)37-4)41-34-15-18-6-12-22-19(14-18)7-13-23-24(22)33-16-35(23)20-8-10-21(11-9-20)40-29(30,31)32/h6-17,25-28H,5H2,1-4H3/b34-15+/t17-,25-,26+,27+,28-/m0/s1. The van der Waals surface area contributed by atoms with Crippen molar-refractivity contribution in [1.82, 2.24) is 9.55 Å². The lowest BCUT2D eigenvalue weighted by Crippen LogP contribution is -2.59. The maximum absolute atomic E-state index is 12.5. The van der Waals surface area contributed by atoms with Crippen molar-refractivity contribution in [2.24, 2.45) is 5.16 Å². The van der Waals surface area contributed by atoms with Crippen LogP contribution in [0, 0.1) is 0 Å². The zero-order valence-electron chi connectivity index (χ0n) is 22.9. The van der Waals surface area contributed by atoms with Crippen molar-refractivity contribution in [2.75, 3.05) is 20.8 Å². The molecule has 0 spiro atoms. The van der Waals surface area contributed by atoms with Crippen LogP contribution < -0.4 is 4.74 Å². The number of halogens is 3. The van der Waals surface area contributed by atoms with Gasteiger partial charge in [0, 0.05) is 31.9 Å². The van der Waals surface area contributed by atoms with E-state index in [-0.39, 0.29) is 24.1 Å². The number of imidazole rings is 1. The summed E-state index contributed by atoms with van der Waals surface area (Å²) < 4.78 is 66.3. The summed E-state index contributed by atoms with van der Waals surface area (Å²) in [5.74, 6) is -0.287. The Morgan fingerprint density at radius 3 is 2.44 bits per heavy atom. The average Bonchev–Trinajstić information content (AvgIpc) is 3.37. The molecule has 12 heteroatoms. The summed E-state index contributed by atoms with van der Waals surface area (Å²) in [5, 5.41) is 5.99. The van der Waals surface area contributed by atoms with Gasteiger partial charge in [-0.2, -0.15) is 0 Å². The van der Waals surface area contributed by atoms with Crippen molar-refractivity contribution in [3.05, 3.63) is 66.5 Å². The molecule has 0 saturated carbocycles. The molecule has 1 saturated heterocycles. The minimum atomic E-state index is -4.74. The fraction of sp³-hybridized carbons (Fsp3) is 0.379. The third-order valence-corrected chi connectivity index (χ3v) is 6.90. The van der Waals surface area contributed by atoms with Gasteiger partial charge in [0.1, 0.15) is 24.3 Å². The van der Waals surface area contributed by atoms with Gasteiger partial charge < -0.3 is 28.5 Å². The smallest absolute Gasteiger partial charge is 0.406 e. The molecule has 0 bridgehead atoms. The molecule has 0 radical (unpaired) electrons. The normalized spacial score (nSPS) is 23.4. The Morgan fingerprint density at radius 1 is 1.00 bits per heavy atom. The molecule has 1 aliphatic rings. The summed E-state index contributed by atoms with van der Waals surface area (Å²) in [6, 6.07) is 15.2. The van der Waals surface area contributed by atoms with Crippen molar-refractivity contribution in [3.8, 4) is 11.4 Å². The Morgan fingerprint density at radius 2 is 1.76 bits per heavy atom. The third-order valence-electron chi connectivity index (χ3n) is 6.90. The van der Waals surface area contributed by atoms with Crippen LogP contribution in [-0.2, 0) is 23.8 Å². The van der Waals surface area contributed by atoms with Crippen LogP contribution in [0.5, 0.6) is 5.75 Å². The first-order valence-corrected chi connectivity index (χ1v) is 13.0. The Hall–Kier alpha value is -3.71. The number of benzene rings is 3. The highest BCUT2D eigenvalue weighted by molar-refractivity contribution is 6.06. The molecule has 1 aliphatic heterocycles. The molecule has 4 aromatic rings. The first-order chi connectivity index (χ1) is 19.7. The van der Waals surface area contributed by atoms with E-state index in [4.69, 9.17) is 23.8 Å². The summed E-state index contributed by atoms with van der Waals surface area (Å²) in [7, 11) is 3.17. The van der Waals surface area contributed by atoms with Gasteiger partial charge >= 0.3 is 6.36 Å². The van der Waals surface area contributed by atoms with Gasteiger partial charge in [0.15, 0.2) is 6.10 Å². The molecule has 0 N–H and O–H groups in total. The van der Waals surface area contributed by atoms with Crippen LogP contribution >= 0.6 is 0 Å². The molecule has 9 nitrogen and oxygen atoms in total. The SMILES string of the molecule is CCO[C@@H]1[C@@H](OC)[C@H](C)O[C@@H](O/N=C/c2ccc3c(ccc4c3ncn4-c3ccc(OC(F)(F)F)cc3)c2)[C@@H]1OC. The van der Waals surface area contributed by atoms with Gasteiger partial charge in [-0.25, -0.2) is 4.98 Å². The highest BCUT2D eigenvalue weighted by atomic mass is 19.4. The minimum Gasteiger partial charge on any atom is -0.406 e. The van der Waals surface area contributed by atoms with Crippen LogP contribution in [-0.4, -0.2) is 73.7 Å². The first kappa shape index (κ1) is 28.8. The molecule has 3 aromatic carbocycles. The molecule has 2 heterocycles. The number of hydrogen-bond acceptors (Lipinski definition) is 8. The van der Waals surface area contributed by atoms with E-state index in [9.17, 15) is 13.2 Å². The van der Waals surface area contributed by atoms with E-state index in [1.165, 1.54) is 12.1 Å². The number of rotatable bonds is 9. The minimum absolute atomic E-state index is 0.287. The van der Waals surface area contributed by atoms with Crippen LogP contribution in [0.1, 0.15) is 19.4 Å². The van der Waals surface area contributed by atoms with Crippen LogP contribution in [0.25, 0.3) is 27.5 Å². The topological polar surface area (TPSA) is 85.6 Å². The molecule has 218 valence electrons. The van der Waals surface area contributed by atoms with Crippen LogP contribution in [0.3, 0.4) is 0 Å². The van der Waals surface area contributed by atoms with E-state index in [1.807, 2.05) is 44.2 Å². The number of methoxy groups -OCH3 is 2. The Labute approximate surface area is 234 Å².